The van der Waals surface area contributed by atoms with Gasteiger partial charge in [-0.25, -0.2) is 20.0 Å². The first-order valence-electron chi connectivity index (χ1n) is 7.65. The summed E-state index contributed by atoms with van der Waals surface area (Å²) in [5, 5.41) is 0.819. The Bertz CT molecular complexity index is 586. The molecule has 1 N–H and O–H groups in total. The maximum absolute atomic E-state index is 12.3. The molecule has 0 heterocycles. The standard InChI is InChI=1S/C17H22N2O5/c1-4-23-16(21)18-19(17(22)24-5-2)13(3)15(20)12-11-14-9-7-6-8-10-14/h6-13H,4-5H2,1-3H3,(H,18,21)/b12-11+. The molecule has 1 unspecified atom stereocenters. The van der Waals surface area contributed by atoms with Gasteiger partial charge in [0.05, 0.1) is 13.2 Å². The summed E-state index contributed by atoms with van der Waals surface area (Å²) in [4.78, 5) is 35.8. The van der Waals surface area contributed by atoms with E-state index in [9.17, 15) is 14.4 Å². The number of hydrogen-bond donors (Lipinski definition) is 1. The number of carbonyl (C=O) groups is 3. The van der Waals surface area contributed by atoms with Gasteiger partial charge in [0.25, 0.3) is 0 Å². The molecule has 1 rings (SSSR count). The number of rotatable bonds is 6. The highest BCUT2D eigenvalue weighted by atomic mass is 16.6. The molecular weight excluding hydrogens is 312 g/mol. The summed E-state index contributed by atoms with van der Waals surface area (Å²) in [6.07, 6.45) is 1.31. The van der Waals surface area contributed by atoms with Crippen molar-refractivity contribution in [3.63, 3.8) is 0 Å². The Morgan fingerprint density at radius 3 is 2.33 bits per heavy atom. The molecule has 130 valence electrons. The number of hydrogen-bond acceptors (Lipinski definition) is 5. The van der Waals surface area contributed by atoms with E-state index in [1.54, 1.807) is 19.9 Å². The van der Waals surface area contributed by atoms with Crippen LogP contribution in [-0.4, -0.2) is 42.2 Å². The van der Waals surface area contributed by atoms with Crippen molar-refractivity contribution in [1.29, 1.82) is 0 Å². The zero-order valence-electron chi connectivity index (χ0n) is 14.0. The molecule has 0 spiro atoms. The fraction of sp³-hybridized carbons (Fsp3) is 0.353. The third kappa shape index (κ3) is 6.12. The van der Waals surface area contributed by atoms with Crippen LogP contribution in [0.4, 0.5) is 9.59 Å². The number of carbonyl (C=O) groups excluding carboxylic acids is 3. The first kappa shape index (κ1) is 19.2. The highest BCUT2D eigenvalue weighted by molar-refractivity contribution is 5.99. The second kappa shape index (κ2) is 10.0. The van der Waals surface area contributed by atoms with Gasteiger partial charge in [-0.3, -0.25) is 4.79 Å². The molecule has 1 atom stereocenters. The number of nitrogens with zero attached hydrogens (tertiary/aromatic N) is 1. The van der Waals surface area contributed by atoms with Gasteiger partial charge in [0, 0.05) is 0 Å². The summed E-state index contributed by atoms with van der Waals surface area (Å²) < 4.78 is 9.59. The number of amides is 2. The van der Waals surface area contributed by atoms with Crippen molar-refractivity contribution in [1.82, 2.24) is 10.4 Å². The number of ether oxygens (including phenoxy) is 2. The second-order valence-corrected chi connectivity index (χ2v) is 4.72. The monoisotopic (exact) mass is 334 g/mol. The molecule has 24 heavy (non-hydrogen) atoms. The summed E-state index contributed by atoms with van der Waals surface area (Å²) in [6, 6.07) is 8.30. The van der Waals surface area contributed by atoms with E-state index in [4.69, 9.17) is 9.47 Å². The van der Waals surface area contributed by atoms with Gasteiger partial charge in [-0.15, -0.1) is 0 Å². The van der Waals surface area contributed by atoms with Gasteiger partial charge >= 0.3 is 12.2 Å². The van der Waals surface area contributed by atoms with E-state index >= 15 is 0 Å². The Morgan fingerprint density at radius 2 is 1.75 bits per heavy atom. The molecule has 0 fully saturated rings. The first-order chi connectivity index (χ1) is 11.5. The Labute approximate surface area is 141 Å². The summed E-state index contributed by atoms with van der Waals surface area (Å²) in [6.45, 7) is 4.99. The van der Waals surface area contributed by atoms with E-state index in [1.807, 2.05) is 30.3 Å². The molecule has 1 aromatic rings. The van der Waals surface area contributed by atoms with Gasteiger partial charge in [-0.05, 0) is 32.4 Å². The van der Waals surface area contributed by atoms with Crippen LogP contribution in [0.1, 0.15) is 26.3 Å². The molecule has 7 nitrogen and oxygen atoms in total. The van der Waals surface area contributed by atoms with E-state index < -0.39 is 18.2 Å². The van der Waals surface area contributed by atoms with E-state index in [0.717, 1.165) is 10.6 Å². The van der Waals surface area contributed by atoms with Crippen LogP contribution in [0.5, 0.6) is 0 Å². The Morgan fingerprint density at radius 1 is 1.12 bits per heavy atom. The van der Waals surface area contributed by atoms with E-state index in [0.29, 0.717) is 0 Å². The molecule has 0 aliphatic rings. The van der Waals surface area contributed by atoms with Gasteiger partial charge in [0.1, 0.15) is 6.04 Å². The van der Waals surface area contributed by atoms with E-state index in [2.05, 4.69) is 5.43 Å². The highest BCUT2D eigenvalue weighted by Crippen LogP contribution is 2.06. The molecule has 0 bridgehead atoms. The van der Waals surface area contributed by atoms with Crippen molar-refractivity contribution in [3.8, 4) is 0 Å². The van der Waals surface area contributed by atoms with E-state index in [-0.39, 0.29) is 19.0 Å². The molecular formula is C17H22N2O5. The molecule has 1 aromatic carbocycles. The third-order valence-electron chi connectivity index (χ3n) is 2.99. The molecule has 0 aliphatic heterocycles. The van der Waals surface area contributed by atoms with Gasteiger partial charge < -0.3 is 9.47 Å². The highest BCUT2D eigenvalue weighted by Gasteiger charge is 2.28. The van der Waals surface area contributed by atoms with Crippen LogP contribution in [0.15, 0.2) is 36.4 Å². The van der Waals surface area contributed by atoms with Gasteiger partial charge in [-0.2, -0.15) is 0 Å². The molecule has 0 saturated heterocycles. The van der Waals surface area contributed by atoms with Crippen molar-refractivity contribution in [2.75, 3.05) is 13.2 Å². The lowest BCUT2D eigenvalue weighted by Gasteiger charge is -2.26. The van der Waals surface area contributed by atoms with Crippen LogP contribution < -0.4 is 5.43 Å². The maximum atomic E-state index is 12.3. The van der Waals surface area contributed by atoms with Crippen LogP contribution in [0.25, 0.3) is 6.08 Å². The van der Waals surface area contributed by atoms with Crippen LogP contribution in [0.3, 0.4) is 0 Å². The minimum absolute atomic E-state index is 0.112. The average Bonchev–Trinajstić information content (AvgIpc) is 2.58. The fourth-order valence-electron chi connectivity index (χ4n) is 1.76. The second-order valence-electron chi connectivity index (χ2n) is 4.72. The SMILES string of the molecule is CCOC(=O)NN(C(=O)OCC)C(C)C(=O)/C=C/c1ccccc1. The minimum atomic E-state index is -0.951. The quantitative estimate of drug-likeness (QED) is 0.639. The van der Waals surface area contributed by atoms with Crippen LogP contribution in [-0.2, 0) is 14.3 Å². The number of hydrazine groups is 1. The van der Waals surface area contributed by atoms with E-state index in [1.165, 1.54) is 13.0 Å². The average molecular weight is 334 g/mol. The minimum Gasteiger partial charge on any atom is -0.449 e. The largest absolute Gasteiger partial charge is 0.449 e. The smallest absolute Gasteiger partial charge is 0.429 e. The molecule has 0 saturated carbocycles. The Hall–Kier alpha value is -2.83. The van der Waals surface area contributed by atoms with Crippen LogP contribution in [0, 0.1) is 0 Å². The lowest BCUT2D eigenvalue weighted by Crippen LogP contribution is -2.53. The molecule has 0 radical (unpaired) electrons. The number of benzene rings is 1. The van der Waals surface area contributed by atoms with Crippen molar-refractivity contribution in [2.24, 2.45) is 0 Å². The predicted molar refractivity (Wildman–Crippen MR) is 89.0 cm³/mol. The molecule has 2 amide bonds. The lowest BCUT2D eigenvalue weighted by atomic mass is 10.1. The fourth-order valence-corrected chi connectivity index (χ4v) is 1.76. The maximum Gasteiger partial charge on any atom is 0.429 e. The Kier molecular flexibility index (Phi) is 8.04. The van der Waals surface area contributed by atoms with Crippen molar-refractivity contribution >= 4 is 24.0 Å². The zero-order chi connectivity index (χ0) is 17.9. The number of nitrogens with one attached hydrogen (secondary N) is 1. The van der Waals surface area contributed by atoms with Crippen molar-refractivity contribution in [2.45, 2.75) is 26.8 Å². The summed E-state index contributed by atoms with van der Waals surface area (Å²) in [5.74, 6) is -0.372. The number of ketones is 1. The van der Waals surface area contributed by atoms with Crippen LogP contribution >= 0.6 is 0 Å². The topological polar surface area (TPSA) is 84.9 Å². The normalized spacial score (nSPS) is 11.6. The predicted octanol–water partition coefficient (Wildman–Crippen LogP) is 2.78. The molecule has 7 heteroatoms. The first-order valence-corrected chi connectivity index (χ1v) is 7.65. The van der Waals surface area contributed by atoms with Gasteiger partial charge in [0.2, 0.25) is 0 Å². The Balaban J connectivity index is 2.83. The molecule has 0 aromatic heterocycles. The summed E-state index contributed by atoms with van der Waals surface area (Å²) in [5.41, 5.74) is 3.07. The zero-order valence-corrected chi connectivity index (χ0v) is 14.0. The third-order valence-corrected chi connectivity index (χ3v) is 2.99. The summed E-state index contributed by atoms with van der Waals surface area (Å²) in [7, 11) is 0. The van der Waals surface area contributed by atoms with Crippen molar-refractivity contribution in [3.05, 3.63) is 42.0 Å². The van der Waals surface area contributed by atoms with Gasteiger partial charge in [0.15, 0.2) is 5.78 Å². The van der Waals surface area contributed by atoms with Gasteiger partial charge in [-0.1, -0.05) is 36.4 Å². The summed E-state index contributed by atoms with van der Waals surface area (Å²) >= 11 is 0. The van der Waals surface area contributed by atoms with Crippen molar-refractivity contribution < 1.29 is 23.9 Å². The van der Waals surface area contributed by atoms with Crippen LogP contribution in [0.2, 0.25) is 0 Å². The lowest BCUT2D eigenvalue weighted by molar-refractivity contribution is -0.119. The molecule has 0 aliphatic carbocycles.